The first-order valence-corrected chi connectivity index (χ1v) is 4.78. The molecule has 5 heteroatoms. The molecule has 16 heavy (non-hydrogen) atoms. The molecule has 0 saturated heterocycles. The van der Waals surface area contributed by atoms with E-state index in [1.807, 2.05) is 6.92 Å². The van der Waals surface area contributed by atoms with E-state index in [0.29, 0.717) is 12.8 Å². The van der Waals surface area contributed by atoms with Gasteiger partial charge in [0.05, 0.1) is 5.69 Å². The first-order chi connectivity index (χ1) is 7.06. The zero-order chi connectivity index (χ0) is 11.4. The number of halogens is 2. The van der Waals surface area contributed by atoms with Crippen LogP contribution < -0.4 is 4.90 Å². The van der Waals surface area contributed by atoms with Gasteiger partial charge in [-0.1, -0.05) is 6.92 Å². The fourth-order valence-electron chi connectivity index (χ4n) is 1.27. The molecule has 0 bridgehead atoms. The molecule has 2 nitrogen and oxygen atoms in total. The minimum Gasteiger partial charge on any atom is -0.313 e. The maximum atomic E-state index is 13.3. The van der Waals surface area contributed by atoms with E-state index in [-0.39, 0.29) is 33.3 Å². The van der Waals surface area contributed by atoms with Crippen molar-refractivity contribution in [3.8, 4) is 0 Å². The Bertz CT molecular complexity index is 371. The van der Waals surface area contributed by atoms with Gasteiger partial charge in [0.15, 0.2) is 0 Å². The maximum Gasteiger partial charge on any atom is 0.226 e. The van der Waals surface area contributed by atoms with Crippen molar-refractivity contribution >= 4 is 11.6 Å². The molecule has 1 aromatic rings. The van der Waals surface area contributed by atoms with E-state index >= 15 is 0 Å². The number of nitrogens with zero attached hydrogens (tertiary/aromatic N) is 1. The Morgan fingerprint density at radius 2 is 2.00 bits per heavy atom. The van der Waals surface area contributed by atoms with Crippen LogP contribution in [-0.4, -0.2) is 13.0 Å². The summed E-state index contributed by atoms with van der Waals surface area (Å²) < 4.78 is 25.9. The number of carbonyl (C=O) groups is 1. The first-order valence-electron chi connectivity index (χ1n) is 4.78. The predicted molar refractivity (Wildman–Crippen MR) is 54.7 cm³/mol. The van der Waals surface area contributed by atoms with Crippen LogP contribution in [0.3, 0.4) is 0 Å². The third-order valence-corrected chi connectivity index (χ3v) is 2.11. The van der Waals surface area contributed by atoms with E-state index in [0.717, 1.165) is 12.1 Å². The van der Waals surface area contributed by atoms with Gasteiger partial charge in [0.1, 0.15) is 11.6 Å². The largest absolute Gasteiger partial charge is 0.313 e. The average molecular weight is 261 g/mol. The zero-order valence-electron chi connectivity index (χ0n) is 9.26. The van der Waals surface area contributed by atoms with E-state index in [1.165, 1.54) is 18.0 Å². The second kappa shape index (κ2) is 6.76. The van der Waals surface area contributed by atoms with Crippen LogP contribution in [0.1, 0.15) is 19.8 Å². The number of hydrogen-bond donors (Lipinski definition) is 0. The molecule has 0 heterocycles. The van der Waals surface area contributed by atoms with Gasteiger partial charge in [0.25, 0.3) is 0 Å². The molecule has 0 radical (unpaired) electrons. The Labute approximate surface area is 109 Å². The van der Waals surface area contributed by atoms with Crippen LogP contribution in [0.5, 0.6) is 0 Å². The molecule has 0 aromatic heterocycles. The Balaban J connectivity index is 0.00000225. The van der Waals surface area contributed by atoms with Crippen molar-refractivity contribution in [2.24, 2.45) is 0 Å². The molecule has 86 valence electrons. The number of hydrogen-bond acceptors (Lipinski definition) is 1. The van der Waals surface area contributed by atoms with Crippen molar-refractivity contribution in [3.63, 3.8) is 0 Å². The average Bonchev–Trinajstić information content (AvgIpc) is 2.17. The molecule has 0 fully saturated rings. The Morgan fingerprint density at radius 3 is 2.50 bits per heavy atom. The van der Waals surface area contributed by atoms with Crippen molar-refractivity contribution in [1.29, 1.82) is 0 Å². The summed E-state index contributed by atoms with van der Waals surface area (Å²) in [6, 6.07) is 3.16. The second-order valence-electron chi connectivity index (χ2n) is 3.30. The number of anilines is 1. The van der Waals surface area contributed by atoms with Crippen LogP contribution in [0, 0.1) is 11.6 Å². The third-order valence-electron chi connectivity index (χ3n) is 2.11. The molecular weight excluding hydrogens is 248 g/mol. The standard InChI is InChI=1S/C11H13F2NO.Ti/c1-3-4-11(15)14(2)10-6-5-8(12)7-9(10)13;/h5-7H,3-4H2,1-2H3;. The topological polar surface area (TPSA) is 20.3 Å². The molecule has 0 saturated carbocycles. The number of rotatable bonds is 3. The molecular formula is C11H13F2NOTi. The molecule has 0 atom stereocenters. The summed E-state index contributed by atoms with van der Waals surface area (Å²) in [5.41, 5.74) is 0.106. The molecule has 0 N–H and O–H groups in total. The van der Waals surface area contributed by atoms with E-state index < -0.39 is 11.6 Å². The zero-order valence-corrected chi connectivity index (χ0v) is 10.8. The molecule has 1 aromatic carbocycles. The van der Waals surface area contributed by atoms with Crippen LogP contribution in [0.4, 0.5) is 14.5 Å². The third kappa shape index (κ3) is 3.69. The number of amides is 1. The van der Waals surface area contributed by atoms with Crippen molar-refractivity contribution in [2.45, 2.75) is 19.8 Å². The summed E-state index contributed by atoms with van der Waals surface area (Å²) in [6.45, 7) is 1.87. The van der Waals surface area contributed by atoms with Gasteiger partial charge >= 0.3 is 0 Å². The molecule has 0 spiro atoms. The van der Waals surface area contributed by atoms with E-state index in [4.69, 9.17) is 0 Å². The van der Waals surface area contributed by atoms with Crippen molar-refractivity contribution in [2.75, 3.05) is 11.9 Å². The van der Waals surface area contributed by atoms with E-state index in [2.05, 4.69) is 0 Å². The molecule has 0 aliphatic heterocycles. The normalized spacial score (nSPS) is 9.50. The molecule has 1 rings (SSSR count). The summed E-state index contributed by atoms with van der Waals surface area (Å²) in [5.74, 6) is -1.54. The summed E-state index contributed by atoms with van der Waals surface area (Å²) >= 11 is 0. The summed E-state index contributed by atoms with van der Waals surface area (Å²) in [6.07, 6.45) is 1.05. The second-order valence-corrected chi connectivity index (χ2v) is 3.30. The Hall–Kier alpha value is -0.736. The predicted octanol–water partition coefficient (Wildman–Crippen LogP) is 2.73. The van der Waals surface area contributed by atoms with Crippen molar-refractivity contribution in [1.82, 2.24) is 0 Å². The van der Waals surface area contributed by atoms with Gasteiger partial charge in [-0.3, -0.25) is 4.79 Å². The van der Waals surface area contributed by atoms with E-state index in [1.54, 1.807) is 0 Å². The van der Waals surface area contributed by atoms with Gasteiger partial charge in [-0.15, -0.1) is 0 Å². The van der Waals surface area contributed by atoms with Crippen LogP contribution in [-0.2, 0) is 26.5 Å². The van der Waals surface area contributed by atoms with Crippen LogP contribution in [0.25, 0.3) is 0 Å². The van der Waals surface area contributed by atoms with Crippen molar-refractivity contribution < 1.29 is 35.3 Å². The molecule has 0 aliphatic carbocycles. The first kappa shape index (κ1) is 15.3. The van der Waals surface area contributed by atoms with Gasteiger partial charge in [-0.25, -0.2) is 8.78 Å². The summed E-state index contributed by atoms with van der Waals surface area (Å²) in [7, 11) is 1.48. The molecule has 0 aliphatic rings. The van der Waals surface area contributed by atoms with Crippen LogP contribution in [0.15, 0.2) is 18.2 Å². The SMILES string of the molecule is CCCC(=O)N(C)c1ccc(F)cc1F.[Ti]. The Morgan fingerprint density at radius 1 is 1.38 bits per heavy atom. The molecule has 0 unspecified atom stereocenters. The summed E-state index contributed by atoms with van der Waals surface area (Å²) in [4.78, 5) is 12.7. The van der Waals surface area contributed by atoms with Crippen LogP contribution >= 0.6 is 0 Å². The fourth-order valence-corrected chi connectivity index (χ4v) is 1.27. The van der Waals surface area contributed by atoms with Gasteiger partial charge in [0, 0.05) is 41.3 Å². The van der Waals surface area contributed by atoms with E-state index in [9.17, 15) is 13.6 Å². The van der Waals surface area contributed by atoms with Crippen LogP contribution in [0.2, 0.25) is 0 Å². The van der Waals surface area contributed by atoms with Gasteiger partial charge in [-0.05, 0) is 18.6 Å². The number of carbonyl (C=O) groups excluding carboxylic acids is 1. The molecule has 1 amide bonds. The maximum absolute atomic E-state index is 13.3. The Kier molecular flexibility index (Phi) is 6.45. The fraction of sp³-hybridized carbons (Fsp3) is 0.364. The van der Waals surface area contributed by atoms with Gasteiger partial charge < -0.3 is 4.90 Å². The van der Waals surface area contributed by atoms with Gasteiger partial charge in [0.2, 0.25) is 5.91 Å². The monoisotopic (exact) mass is 261 g/mol. The minimum atomic E-state index is -0.720. The van der Waals surface area contributed by atoms with Gasteiger partial charge in [-0.2, -0.15) is 0 Å². The smallest absolute Gasteiger partial charge is 0.226 e. The summed E-state index contributed by atoms with van der Waals surface area (Å²) in [5, 5.41) is 0. The quantitative estimate of drug-likeness (QED) is 0.766. The van der Waals surface area contributed by atoms with Crippen molar-refractivity contribution in [3.05, 3.63) is 29.8 Å². The number of benzene rings is 1. The minimum absolute atomic E-state index is 0.